The van der Waals surface area contributed by atoms with Gasteiger partial charge in [0, 0.05) is 12.8 Å². The van der Waals surface area contributed by atoms with E-state index in [1.165, 1.54) is 0 Å². The molecule has 0 radical (unpaired) electrons. The third kappa shape index (κ3) is 3.65. The lowest BCUT2D eigenvalue weighted by Gasteiger charge is -1.97. The molecular formula is C8H14N4. The predicted octanol–water partition coefficient (Wildman–Crippen LogP) is 0.988. The fraction of sp³-hybridized carbons (Fsp3) is 0.375. The first kappa shape index (κ1) is 10.6. The Labute approximate surface area is 72.4 Å². The topological polar surface area (TPSA) is 74.6 Å². The largest absolute Gasteiger partial charge is 0.384 e. The quantitative estimate of drug-likeness (QED) is 0.476. The molecule has 66 valence electrons. The van der Waals surface area contributed by atoms with Crippen LogP contribution in [-0.4, -0.2) is 24.9 Å². The number of nitrogens with one attached hydrogen (secondary N) is 1. The van der Waals surface area contributed by atoms with Gasteiger partial charge in [0.2, 0.25) is 0 Å². The van der Waals surface area contributed by atoms with Crippen LogP contribution in [0.4, 0.5) is 0 Å². The highest BCUT2D eigenvalue weighted by atomic mass is 14.8. The minimum atomic E-state index is 0.465. The molecule has 0 aromatic carbocycles. The summed E-state index contributed by atoms with van der Waals surface area (Å²) in [5.74, 6) is 0.465. The van der Waals surface area contributed by atoms with Gasteiger partial charge in [-0.15, -0.1) is 0 Å². The molecule has 0 aromatic heterocycles. The van der Waals surface area contributed by atoms with Crippen molar-refractivity contribution >= 4 is 17.9 Å². The van der Waals surface area contributed by atoms with Gasteiger partial charge in [-0.25, -0.2) is 4.99 Å². The van der Waals surface area contributed by atoms with E-state index in [1.807, 2.05) is 13.8 Å². The smallest absolute Gasteiger partial charge is 0.118 e. The number of hydrogen-bond acceptors (Lipinski definition) is 2. The van der Waals surface area contributed by atoms with Crippen LogP contribution in [0.3, 0.4) is 0 Å². The number of amidine groups is 1. The molecule has 3 N–H and O–H groups in total. The van der Waals surface area contributed by atoms with Crippen LogP contribution in [0.5, 0.6) is 0 Å². The van der Waals surface area contributed by atoms with Crippen LogP contribution in [0.25, 0.3) is 0 Å². The minimum absolute atomic E-state index is 0.465. The summed E-state index contributed by atoms with van der Waals surface area (Å²) < 4.78 is 0. The SMILES string of the molecule is CN=C(N)/C=C(\C)C(C)=NC=N. The van der Waals surface area contributed by atoms with Crippen molar-refractivity contribution in [3.8, 4) is 0 Å². The molecule has 0 fully saturated rings. The van der Waals surface area contributed by atoms with Crippen molar-refractivity contribution in [2.75, 3.05) is 7.05 Å². The highest BCUT2D eigenvalue weighted by Crippen LogP contribution is 1.95. The van der Waals surface area contributed by atoms with Gasteiger partial charge < -0.3 is 5.73 Å². The van der Waals surface area contributed by atoms with Crippen molar-refractivity contribution in [3.05, 3.63) is 11.6 Å². The summed E-state index contributed by atoms with van der Waals surface area (Å²) in [4.78, 5) is 7.57. The molecule has 4 nitrogen and oxygen atoms in total. The average Bonchev–Trinajstić information content (AvgIpc) is 2.04. The molecule has 0 aliphatic rings. The number of nitrogens with two attached hydrogens (primary N) is 1. The molecule has 0 saturated heterocycles. The number of nitrogens with zero attached hydrogens (tertiary/aromatic N) is 2. The molecule has 0 rings (SSSR count). The maximum absolute atomic E-state index is 6.75. The van der Waals surface area contributed by atoms with Crippen molar-refractivity contribution < 1.29 is 0 Å². The molecule has 0 unspecified atom stereocenters. The second-order valence-electron chi connectivity index (χ2n) is 2.32. The van der Waals surface area contributed by atoms with E-state index in [-0.39, 0.29) is 0 Å². The normalized spacial score (nSPS) is 14.8. The summed E-state index contributed by atoms with van der Waals surface area (Å²) in [5.41, 5.74) is 7.16. The molecular weight excluding hydrogens is 152 g/mol. The van der Waals surface area contributed by atoms with Gasteiger partial charge in [-0.1, -0.05) is 0 Å². The number of allylic oxidation sites excluding steroid dienone is 1. The van der Waals surface area contributed by atoms with E-state index >= 15 is 0 Å². The zero-order valence-corrected chi connectivity index (χ0v) is 7.63. The monoisotopic (exact) mass is 166 g/mol. The van der Waals surface area contributed by atoms with E-state index < -0.39 is 0 Å². The second-order valence-corrected chi connectivity index (χ2v) is 2.32. The van der Waals surface area contributed by atoms with Crippen LogP contribution < -0.4 is 5.73 Å². The Morgan fingerprint density at radius 2 is 2.00 bits per heavy atom. The minimum Gasteiger partial charge on any atom is -0.384 e. The molecule has 4 heteroatoms. The maximum atomic E-state index is 6.75. The highest BCUT2D eigenvalue weighted by Gasteiger charge is 1.93. The van der Waals surface area contributed by atoms with E-state index in [1.54, 1.807) is 13.1 Å². The van der Waals surface area contributed by atoms with Gasteiger partial charge in [-0.2, -0.15) is 0 Å². The fourth-order valence-electron chi connectivity index (χ4n) is 0.589. The third-order valence-corrected chi connectivity index (χ3v) is 1.45. The first-order valence-electron chi connectivity index (χ1n) is 3.56. The van der Waals surface area contributed by atoms with Crippen molar-refractivity contribution in [2.24, 2.45) is 15.7 Å². The van der Waals surface area contributed by atoms with Gasteiger partial charge in [-0.3, -0.25) is 10.4 Å². The van der Waals surface area contributed by atoms with Crippen LogP contribution in [0, 0.1) is 5.41 Å². The molecule has 0 amide bonds. The van der Waals surface area contributed by atoms with Crippen LogP contribution in [-0.2, 0) is 0 Å². The van der Waals surface area contributed by atoms with Gasteiger partial charge in [-0.05, 0) is 25.5 Å². The van der Waals surface area contributed by atoms with Crippen molar-refractivity contribution in [1.29, 1.82) is 5.41 Å². The number of rotatable bonds is 3. The predicted molar refractivity (Wildman–Crippen MR) is 53.2 cm³/mol. The molecule has 0 aliphatic carbocycles. The Hall–Kier alpha value is -1.45. The van der Waals surface area contributed by atoms with E-state index in [2.05, 4.69) is 9.98 Å². The summed E-state index contributed by atoms with van der Waals surface area (Å²) in [6, 6.07) is 0. The lowest BCUT2D eigenvalue weighted by molar-refractivity contribution is 1.40. The Morgan fingerprint density at radius 3 is 2.42 bits per heavy atom. The Bertz CT molecular complexity index is 248. The van der Waals surface area contributed by atoms with Gasteiger partial charge >= 0.3 is 0 Å². The lowest BCUT2D eigenvalue weighted by atomic mass is 10.2. The lowest BCUT2D eigenvalue weighted by Crippen LogP contribution is -2.09. The molecule has 12 heavy (non-hydrogen) atoms. The van der Waals surface area contributed by atoms with Crippen molar-refractivity contribution in [1.82, 2.24) is 0 Å². The first-order chi connectivity index (χ1) is 5.61. The fourth-order valence-corrected chi connectivity index (χ4v) is 0.589. The summed E-state index contributed by atoms with van der Waals surface area (Å²) in [6.07, 6.45) is 2.73. The summed E-state index contributed by atoms with van der Waals surface area (Å²) in [7, 11) is 1.63. The summed E-state index contributed by atoms with van der Waals surface area (Å²) >= 11 is 0. The second kappa shape index (κ2) is 5.23. The van der Waals surface area contributed by atoms with E-state index in [4.69, 9.17) is 11.1 Å². The van der Waals surface area contributed by atoms with Crippen molar-refractivity contribution in [2.45, 2.75) is 13.8 Å². The molecule has 0 heterocycles. The zero-order chi connectivity index (χ0) is 9.56. The van der Waals surface area contributed by atoms with Crippen LogP contribution in [0.2, 0.25) is 0 Å². The van der Waals surface area contributed by atoms with Crippen LogP contribution >= 0.6 is 0 Å². The first-order valence-corrected chi connectivity index (χ1v) is 3.56. The van der Waals surface area contributed by atoms with E-state index in [9.17, 15) is 0 Å². The molecule has 0 bridgehead atoms. The molecule has 0 saturated carbocycles. The van der Waals surface area contributed by atoms with E-state index in [0.717, 1.165) is 17.6 Å². The summed E-state index contributed by atoms with van der Waals surface area (Å²) in [5, 5.41) is 6.75. The number of hydrogen-bond donors (Lipinski definition) is 2. The van der Waals surface area contributed by atoms with Crippen LogP contribution in [0.15, 0.2) is 21.6 Å². The summed E-state index contributed by atoms with van der Waals surface area (Å²) in [6.45, 7) is 3.69. The Kier molecular flexibility index (Phi) is 4.60. The third-order valence-electron chi connectivity index (χ3n) is 1.45. The maximum Gasteiger partial charge on any atom is 0.118 e. The van der Waals surface area contributed by atoms with Crippen LogP contribution in [0.1, 0.15) is 13.8 Å². The molecule has 0 aromatic rings. The van der Waals surface area contributed by atoms with E-state index in [0.29, 0.717) is 5.84 Å². The van der Waals surface area contributed by atoms with Gasteiger partial charge in [0.25, 0.3) is 0 Å². The zero-order valence-electron chi connectivity index (χ0n) is 7.63. The van der Waals surface area contributed by atoms with Gasteiger partial charge in [0.15, 0.2) is 0 Å². The Morgan fingerprint density at radius 1 is 1.42 bits per heavy atom. The molecule has 0 spiro atoms. The van der Waals surface area contributed by atoms with Crippen molar-refractivity contribution in [3.63, 3.8) is 0 Å². The standard InChI is InChI=1S/C8H14N4/c1-6(4-8(10)11-3)7(2)12-5-9/h4-5,9H,1-3H3,(H2,10,11)/b6-4+,9-5?,12-7?. The Balaban J connectivity index is 4.58. The molecule has 0 aliphatic heterocycles. The van der Waals surface area contributed by atoms with Gasteiger partial charge in [0.1, 0.15) is 12.2 Å². The van der Waals surface area contributed by atoms with Gasteiger partial charge in [0.05, 0.1) is 0 Å². The number of aliphatic imine (C=N–C) groups is 2. The highest BCUT2D eigenvalue weighted by molar-refractivity contribution is 6.06. The average molecular weight is 166 g/mol. The molecule has 0 atom stereocenters.